The largest absolute Gasteiger partial charge is 0.492 e. The van der Waals surface area contributed by atoms with Crippen molar-refractivity contribution >= 4 is 17.6 Å². The average Bonchev–Trinajstić information content (AvgIpc) is 2.92. The third-order valence-corrected chi connectivity index (χ3v) is 8.56. The van der Waals surface area contributed by atoms with E-state index in [2.05, 4.69) is 15.5 Å². The molecule has 0 bridgehead atoms. The number of nitrogens with zero attached hydrogens (tertiary/aromatic N) is 2. The molecule has 17 nitrogen and oxygen atoms in total. The van der Waals surface area contributed by atoms with Gasteiger partial charge >= 0.3 is 17.6 Å². The van der Waals surface area contributed by atoms with Gasteiger partial charge in [0, 0.05) is 97.3 Å². The summed E-state index contributed by atoms with van der Waals surface area (Å²) >= 11 is 0. The van der Waals surface area contributed by atoms with Crippen molar-refractivity contribution in [1.29, 1.82) is 0 Å². The van der Waals surface area contributed by atoms with Crippen LogP contribution in [0.4, 0.5) is 0 Å². The van der Waals surface area contributed by atoms with Crippen LogP contribution in [0.2, 0.25) is 12.1 Å². The lowest BCUT2D eigenvalue weighted by molar-refractivity contribution is -0.0565. The number of nitrogens with one attached hydrogen (secondary N) is 2. The van der Waals surface area contributed by atoms with Gasteiger partial charge in [0.25, 0.3) is 0 Å². The Morgan fingerprint density at radius 2 is 1.11 bits per heavy atom. The maximum Gasteiger partial charge on any atom is 0.492 e. The monoisotopic (exact) mass is 707 g/mol. The molecule has 0 aliphatic heterocycles. The van der Waals surface area contributed by atoms with Crippen LogP contribution in [0.25, 0.3) is 0 Å². The van der Waals surface area contributed by atoms with Crippen LogP contribution in [0.15, 0.2) is 0 Å². The first-order chi connectivity index (χ1) is 21.4. The molecule has 0 saturated carbocycles. The summed E-state index contributed by atoms with van der Waals surface area (Å²) in [6, 6.07) is -0.272. The van der Waals surface area contributed by atoms with Crippen LogP contribution in [0.1, 0.15) is 33.6 Å². The predicted octanol–water partition coefficient (Wildman–Crippen LogP) is -4.73. The van der Waals surface area contributed by atoms with Crippen LogP contribution in [0.3, 0.4) is 0 Å². The molecule has 0 aromatic heterocycles. The first kappa shape index (κ1) is 45.8. The Hall–Kier alpha value is -0.246. The summed E-state index contributed by atoms with van der Waals surface area (Å²) in [4.78, 5) is 58.6. The van der Waals surface area contributed by atoms with Gasteiger partial charge in [-0.25, -0.2) is 0 Å². The Labute approximate surface area is 276 Å². The van der Waals surface area contributed by atoms with Gasteiger partial charge in [0.2, 0.25) is 0 Å². The summed E-state index contributed by atoms with van der Waals surface area (Å²) in [5, 5.41) is 37.9. The summed E-state index contributed by atoms with van der Waals surface area (Å²) in [5.74, 6) is 0. The molecule has 0 rings (SSSR count). The van der Waals surface area contributed by atoms with Crippen LogP contribution in [-0.2, 0) is 14.2 Å². The fourth-order valence-electron chi connectivity index (χ4n) is 4.21. The molecule has 0 radical (unpaired) electrons. The van der Waals surface area contributed by atoms with Crippen LogP contribution < -0.4 is 16.4 Å². The Kier molecular flexibility index (Phi) is 25.5. The number of nitrogens with two attached hydrogens (primary N) is 1. The maximum atomic E-state index is 10.7. The zero-order valence-corrected chi connectivity index (χ0v) is 30.1. The van der Waals surface area contributed by atoms with Crippen LogP contribution in [0.5, 0.6) is 0 Å². The van der Waals surface area contributed by atoms with Crippen LogP contribution in [0, 0.1) is 0 Å². The molecule has 3 unspecified atom stereocenters. The van der Waals surface area contributed by atoms with E-state index >= 15 is 0 Å². The molecule has 13 N–H and O–H groups in total. The summed E-state index contributed by atoms with van der Waals surface area (Å²) in [6.07, 6.45) is -1.79. The van der Waals surface area contributed by atoms with E-state index in [0.717, 1.165) is 0 Å². The average molecular weight is 708 g/mol. The standard InChI is InChI=1S/C27H65N5O12Si2/c1-27(2,3)44-23-26(35)20-31(10-8-29-7-6-28)12-13-32(19-25(34)22-43-15-5-17-46(39,40)41)11-9-30-18-24(33)21-42-14-4-16-45(36,37)38/h24-26,29-30,33-41H,4-23,28H2,1-3H3. The van der Waals surface area contributed by atoms with Crippen molar-refractivity contribution in [3.8, 4) is 0 Å². The fraction of sp³-hybridized carbons (Fsp3) is 1.00. The van der Waals surface area contributed by atoms with E-state index in [1.807, 2.05) is 25.7 Å². The van der Waals surface area contributed by atoms with E-state index in [0.29, 0.717) is 58.9 Å². The van der Waals surface area contributed by atoms with Gasteiger partial charge in [-0.15, -0.1) is 0 Å². The maximum absolute atomic E-state index is 10.7. The highest BCUT2D eigenvalue weighted by atomic mass is 28.4. The molecule has 0 fully saturated rings. The van der Waals surface area contributed by atoms with Crippen LogP contribution in [-0.4, -0.2) is 200 Å². The van der Waals surface area contributed by atoms with E-state index in [9.17, 15) is 15.3 Å². The molecule has 0 heterocycles. The van der Waals surface area contributed by atoms with Crippen LogP contribution >= 0.6 is 0 Å². The highest BCUT2D eigenvalue weighted by Gasteiger charge is 2.26. The second-order valence-electron chi connectivity index (χ2n) is 12.6. The molecule has 0 aromatic rings. The molecule has 19 heteroatoms. The summed E-state index contributed by atoms with van der Waals surface area (Å²) in [5.41, 5.74) is 5.22. The minimum absolute atomic E-state index is 0.0266. The SMILES string of the molecule is CC(C)(C)OCC(O)CN(CCNCCN)CCN(CCNCC(O)COCCC[Si](O)(O)O)CC(O)COCCC[Si](O)(O)O. The van der Waals surface area contributed by atoms with Gasteiger partial charge in [-0.2, -0.15) is 0 Å². The second kappa shape index (κ2) is 25.7. The number of hydrogen-bond donors (Lipinski definition) is 12. The van der Waals surface area contributed by atoms with E-state index in [1.54, 1.807) is 0 Å². The minimum Gasteiger partial charge on any atom is -0.390 e. The molecule has 0 spiro atoms. The number of ether oxygens (including phenoxy) is 3. The lowest BCUT2D eigenvalue weighted by Gasteiger charge is -2.31. The van der Waals surface area contributed by atoms with Crippen molar-refractivity contribution in [2.45, 2.75) is 69.6 Å². The van der Waals surface area contributed by atoms with Gasteiger partial charge < -0.3 is 74.7 Å². The molecule has 0 aromatic carbocycles. The minimum atomic E-state index is -4.12. The van der Waals surface area contributed by atoms with Crippen molar-refractivity contribution in [1.82, 2.24) is 20.4 Å². The number of rotatable bonds is 31. The molecule has 278 valence electrons. The number of aliphatic hydroxyl groups excluding tert-OH is 3. The zero-order valence-electron chi connectivity index (χ0n) is 28.1. The lowest BCUT2D eigenvalue weighted by Crippen LogP contribution is -2.47. The Morgan fingerprint density at radius 3 is 1.57 bits per heavy atom. The van der Waals surface area contributed by atoms with Gasteiger partial charge in [0.1, 0.15) is 0 Å². The third kappa shape index (κ3) is 32.3. The van der Waals surface area contributed by atoms with Crippen molar-refractivity contribution in [2.75, 3.05) is 105 Å². The Balaban J connectivity index is 4.98. The topological polar surface area (TPSA) is 266 Å². The number of hydrogen-bond acceptors (Lipinski definition) is 17. The third-order valence-electron chi connectivity index (χ3n) is 6.51. The van der Waals surface area contributed by atoms with Gasteiger partial charge in [-0.3, -0.25) is 9.80 Å². The quantitative estimate of drug-likeness (QED) is 0.0238. The van der Waals surface area contributed by atoms with Crippen molar-refractivity contribution in [3.63, 3.8) is 0 Å². The van der Waals surface area contributed by atoms with Gasteiger partial charge in [-0.05, 0) is 33.6 Å². The van der Waals surface area contributed by atoms with Crippen molar-refractivity contribution in [2.24, 2.45) is 5.73 Å². The summed E-state index contributed by atoms with van der Waals surface area (Å²) in [7, 11) is -8.20. The van der Waals surface area contributed by atoms with E-state index in [4.69, 9.17) is 48.7 Å². The molecule has 0 saturated heterocycles. The van der Waals surface area contributed by atoms with E-state index < -0.39 is 35.9 Å². The van der Waals surface area contributed by atoms with Gasteiger partial charge in [0.05, 0.1) is 43.7 Å². The molecule has 0 amide bonds. The second-order valence-corrected chi connectivity index (χ2v) is 16.7. The smallest absolute Gasteiger partial charge is 0.390 e. The Bertz CT molecular complexity index is 720. The fourth-order valence-corrected chi connectivity index (χ4v) is 5.45. The van der Waals surface area contributed by atoms with Crippen molar-refractivity contribution in [3.05, 3.63) is 0 Å². The molecule has 3 atom stereocenters. The highest BCUT2D eigenvalue weighted by Crippen LogP contribution is 2.08. The van der Waals surface area contributed by atoms with Gasteiger partial charge in [0.15, 0.2) is 0 Å². The van der Waals surface area contributed by atoms with Crippen molar-refractivity contribution < 1.29 is 58.3 Å². The first-order valence-corrected chi connectivity index (χ1v) is 20.2. The molecule has 0 aliphatic carbocycles. The summed E-state index contributed by atoms with van der Waals surface area (Å²) < 4.78 is 16.5. The normalized spacial score (nSPS) is 15.2. The van der Waals surface area contributed by atoms with E-state index in [-0.39, 0.29) is 76.7 Å². The zero-order chi connectivity index (χ0) is 35.1. The number of aliphatic hydroxyl groups is 3. The Morgan fingerprint density at radius 1 is 0.652 bits per heavy atom. The predicted molar refractivity (Wildman–Crippen MR) is 177 cm³/mol. The molecule has 0 aliphatic rings. The molecular weight excluding hydrogens is 642 g/mol. The lowest BCUT2D eigenvalue weighted by atomic mass is 10.2. The summed E-state index contributed by atoms with van der Waals surface area (Å²) in [6.45, 7) is 12.1. The van der Waals surface area contributed by atoms with E-state index in [1.165, 1.54) is 0 Å². The molecular formula is C27H65N5O12Si2. The highest BCUT2D eigenvalue weighted by molar-refractivity contribution is 6.56. The molecule has 46 heavy (non-hydrogen) atoms. The van der Waals surface area contributed by atoms with Gasteiger partial charge in [-0.1, -0.05) is 0 Å². The first-order valence-electron chi connectivity index (χ1n) is 16.1.